The molecule has 0 bridgehead atoms. The van der Waals surface area contributed by atoms with Gasteiger partial charge in [-0.05, 0) is 73.7 Å². The molecule has 1 aliphatic carbocycles. The van der Waals surface area contributed by atoms with Crippen molar-refractivity contribution in [1.82, 2.24) is 9.38 Å². The monoisotopic (exact) mass is 468 g/mol. The zero-order valence-electron chi connectivity index (χ0n) is 19.9. The molecule has 2 aromatic heterocycles. The van der Waals surface area contributed by atoms with Gasteiger partial charge >= 0.3 is 0 Å². The molecular weight excluding hydrogens is 440 g/mol. The third-order valence-corrected chi connectivity index (χ3v) is 6.36. The lowest BCUT2D eigenvalue weighted by Crippen LogP contribution is -2.18. The van der Waals surface area contributed by atoms with Gasteiger partial charge in [0.25, 0.3) is 5.56 Å². The number of hydrogen-bond donors (Lipinski definition) is 0. The lowest BCUT2D eigenvalue weighted by atomic mass is 10.0. The normalized spacial score (nSPS) is 14.0. The van der Waals surface area contributed by atoms with Crippen molar-refractivity contribution in [3.05, 3.63) is 88.5 Å². The third kappa shape index (κ3) is 4.64. The number of methoxy groups -OCH3 is 2. The molecular formula is C29H28N2O4. The Morgan fingerprint density at radius 1 is 0.943 bits per heavy atom. The molecule has 0 N–H and O–H groups in total. The molecule has 6 nitrogen and oxygen atoms in total. The zero-order chi connectivity index (χ0) is 24.2. The van der Waals surface area contributed by atoms with Gasteiger partial charge in [-0.15, -0.1) is 0 Å². The zero-order valence-corrected chi connectivity index (χ0v) is 19.9. The number of ether oxygens (including phenoxy) is 3. The first-order valence-electron chi connectivity index (χ1n) is 11.9. The van der Waals surface area contributed by atoms with Crippen LogP contribution in [0.3, 0.4) is 0 Å². The fraction of sp³-hybridized carbons (Fsp3) is 0.241. The lowest BCUT2D eigenvalue weighted by molar-refractivity contribution is 0.200. The summed E-state index contributed by atoms with van der Waals surface area (Å²) in [5.41, 5.74) is 3.14. The minimum atomic E-state index is -0.142. The smallest absolute Gasteiger partial charge is 0.266 e. The summed E-state index contributed by atoms with van der Waals surface area (Å²) < 4.78 is 18.9. The van der Waals surface area contributed by atoms with E-state index in [-0.39, 0.29) is 11.7 Å². The molecule has 1 aliphatic rings. The maximum atomic E-state index is 13.6. The number of pyridine rings is 1. The quantitative estimate of drug-likeness (QED) is 0.339. The van der Waals surface area contributed by atoms with E-state index in [1.807, 2.05) is 72.8 Å². The summed E-state index contributed by atoms with van der Waals surface area (Å²) in [5, 5.41) is 0. The van der Waals surface area contributed by atoms with Gasteiger partial charge < -0.3 is 14.2 Å². The summed E-state index contributed by atoms with van der Waals surface area (Å²) in [5.74, 6) is 2.09. The molecule has 178 valence electrons. The van der Waals surface area contributed by atoms with E-state index < -0.39 is 0 Å². The molecule has 0 atom stereocenters. The highest BCUT2D eigenvalue weighted by atomic mass is 16.5. The molecule has 35 heavy (non-hydrogen) atoms. The van der Waals surface area contributed by atoms with Gasteiger partial charge in [-0.2, -0.15) is 0 Å². The summed E-state index contributed by atoms with van der Waals surface area (Å²) in [6, 6.07) is 18.8. The van der Waals surface area contributed by atoms with Gasteiger partial charge in [-0.1, -0.05) is 30.3 Å². The average Bonchev–Trinajstić information content (AvgIpc) is 3.41. The second-order valence-electron chi connectivity index (χ2n) is 8.57. The van der Waals surface area contributed by atoms with Crippen LogP contribution in [-0.4, -0.2) is 29.7 Å². The maximum Gasteiger partial charge on any atom is 0.266 e. The molecule has 5 rings (SSSR count). The third-order valence-electron chi connectivity index (χ3n) is 6.36. The Labute approximate surface area is 204 Å². The van der Waals surface area contributed by atoms with Crippen LogP contribution in [0, 0.1) is 0 Å². The van der Waals surface area contributed by atoms with Crippen LogP contribution in [0.15, 0.2) is 71.7 Å². The Kier molecular flexibility index (Phi) is 6.53. The molecule has 6 heteroatoms. The van der Waals surface area contributed by atoms with Crippen molar-refractivity contribution in [2.45, 2.75) is 31.8 Å². The van der Waals surface area contributed by atoms with E-state index in [0.717, 1.165) is 29.7 Å². The van der Waals surface area contributed by atoms with E-state index in [2.05, 4.69) is 0 Å². The average molecular weight is 469 g/mol. The second-order valence-corrected chi connectivity index (χ2v) is 8.57. The predicted molar refractivity (Wildman–Crippen MR) is 138 cm³/mol. The minimum absolute atomic E-state index is 0.142. The second kappa shape index (κ2) is 10.1. The van der Waals surface area contributed by atoms with Crippen molar-refractivity contribution in [3.8, 4) is 28.4 Å². The predicted octanol–water partition coefficient (Wildman–Crippen LogP) is 5.87. The molecule has 4 aromatic rings. The first-order chi connectivity index (χ1) is 17.2. The Morgan fingerprint density at radius 2 is 1.77 bits per heavy atom. The van der Waals surface area contributed by atoms with E-state index in [4.69, 9.17) is 19.2 Å². The first-order valence-corrected chi connectivity index (χ1v) is 11.9. The van der Waals surface area contributed by atoms with Crippen LogP contribution in [0.5, 0.6) is 17.2 Å². The summed E-state index contributed by atoms with van der Waals surface area (Å²) in [7, 11) is 3.26. The van der Waals surface area contributed by atoms with E-state index in [0.29, 0.717) is 28.4 Å². The fourth-order valence-corrected chi connectivity index (χ4v) is 4.57. The highest BCUT2D eigenvalue weighted by Crippen LogP contribution is 2.36. The molecule has 0 radical (unpaired) electrons. The van der Waals surface area contributed by atoms with Crippen LogP contribution in [0.4, 0.5) is 0 Å². The summed E-state index contributed by atoms with van der Waals surface area (Å²) >= 11 is 0. The fourth-order valence-electron chi connectivity index (χ4n) is 4.57. The standard InChI is InChI=1S/C29H28N2O4/c1-33-23-13-7-10-21(19-23)27-24(30-26-15-5-6-18-31(26)29(27)32)17-16-20-9-8-14-25(34-2)28(20)35-22-11-3-4-12-22/h5-10,13-19,22H,3-4,11-12H2,1-2H3. The Bertz CT molecular complexity index is 1430. The van der Waals surface area contributed by atoms with Gasteiger partial charge in [0, 0.05) is 11.8 Å². The van der Waals surface area contributed by atoms with Gasteiger partial charge in [-0.25, -0.2) is 4.98 Å². The van der Waals surface area contributed by atoms with Gasteiger partial charge in [0.05, 0.1) is 31.6 Å². The number of benzene rings is 2. The van der Waals surface area contributed by atoms with Crippen molar-refractivity contribution < 1.29 is 14.2 Å². The van der Waals surface area contributed by atoms with E-state index in [1.165, 1.54) is 12.8 Å². The van der Waals surface area contributed by atoms with Crippen LogP contribution in [-0.2, 0) is 0 Å². The highest BCUT2D eigenvalue weighted by molar-refractivity contribution is 5.81. The van der Waals surface area contributed by atoms with Crippen LogP contribution in [0.1, 0.15) is 36.9 Å². The molecule has 2 aromatic carbocycles. The largest absolute Gasteiger partial charge is 0.497 e. The highest BCUT2D eigenvalue weighted by Gasteiger charge is 2.20. The Hall–Kier alpha value is -4.06. The maximum absolute atomic E-state index is 13.6. The first kappa shape index (κ1) is 22.7. The van der Waals surface area contributed by atoms with Crippen LogP contribution >= 0.6 is 0 Å². The summed E-state index contributed by atoms with van der Waals surface area (Å²) in [4.78, 5) is 18.4. The van der Waals surface area contributed by atoms with Crippen molar-refractivity contribution in [2.24, 2.45) is 0 Å². The molecule has 0 spiro atoms. The van der Waals surface area contributed by atoms with E-state index in [1.54, 1.807) is 24.8 Å². The molecule has 0 aliphatic heterocycles. The van der Waals surface area contributed by atoms with E-state index in [9.17, 15) is 4.79 Å². The number of rotatable bonds is 7. The minimum Gasteiger partial charge on any atom is -0.497 e. The Balaban J connectivity index is 1.64. The number of aromatic nitrogens is 2. The number of hydrogen-bond acceptors (Lipinski definition) is 5. The Morgan fingerprint density at radius 3 is 2.57 bits per heavy atom. The number of para-hydroxylation sites is 1. The molecule has 1 saturated carbocycles. The van der Waals surface area contributed by atoms with Crippen molar-refractivity contribution in [3.63, 3.8) is 0 Å². The number of nitrogens with zero attached hydrogens (tertiary/aromatic N) is 2. The van der Waals surface area contributed by atoms with Crippen LogP contribution in [0.2, 0.25) is 0 Å². The topological polar surface area (TPSA) is 62.1 Å². The molecule has 0 unspecified atom stereocenters. The van der Waals surface area contributed by atoms with Crippen molar-refractivity contribution >= 4 is 17.8 Å². The lowest BCUT2D eigenvalue weighted by Gasteiger charge is -2.18. The van der Waals surface area contributed by atoms with Crippen LogP contribution < -0.4 is 19.8 Å². The van der Waals surface area contributed by atoms with Crippen LogP contribution in [0.25, 0.3) is 28.9 Å². The van der Waals surface area contributed by atoms with E-state index >= 15 is 0 Å². The summed E-state index contributed by atoms with van der Waals surface area (Å²) in [6.45, 7) is 0. The molecule has 1 fully saturated rings. The molecule has 0 amide bonds. The SMILES string of the molecule is COc1cccc(-c2c(C=Cc3cccc(OC)c3OC3CCCC3)nc3ccccn3c2=O)c1. The van der Waals surface area contributed by atoms with Gasteiger partial charge in [0.15, 0.2) is 11.5 Å². The van der Waals surface area contributed by atoms with Gasteiger partial charge in [-0.3, -0.25) is 9.20 Å². The van der Waals surface area contributed by atoms with Gasteiger partial charge in [0.1, 0.15) is 11.4 Å². The van der Waals surface area contributed by atoms with Crippen molar-refractivity contribution in [2.75, 3.05) is 14.2 Å². The molecule has 0 saturated heterocycles. The van der Waals surface area contributed by atoms with Crippen molar-refractivity contribution in [1.29, 1.82) is 0 Å². The van der Waals surface area contributed by atoms with Gasteiger partial charge in [0.2, 0.25) is 0 Å². The molecule has 2 heterocycles. The summed E-state index contributed by atoms with van der Waals surface area (Å²) in [6.07, 6.45) is 10.2. The number of fused-ring (bicyclic) bond motifs is 1.